The number of urea groups is 1. The fraction of sp³-hybridized carbons (Fsp3) is 0.433. The Morgan fingerprint density at radius 3 is 2.54 bits per heavy atom. The van der Waals surface area contributed by atoms with Gasteiger partial charge in [-0.3, -0.25) is 14.5 Å². The van der Waals surface area contributed by atoms with E-state index in [2.05, 4.69) is 10.6 Å². The van der Waals surface area contributed by atoms with E-state index in [1.54, 1.807) is 16.9 Å². The van der Waals surface area contributed by atoms with Crippen molar-refractivity contribution in [3.8, 4) is 11.5 Å². The van der Waals surface area contributed by atoms with E-state index in [1.807, 2.05) is 75.4 Å². The van der Waals surface area contributed by atoms with Gasteiger partial charge in [0, 0.05) is 26.8 Å². The van der Waals surface area contributed by atoms with Gasteiger partial charge >= 0.3 is 6.03 Å². The number of nitrogens with one attached hydrogen (secondary N) is 2. The molecule has 9 heteroatoms. The number of benzene rings is 2. The molecule has 0 fully saturated rings. The second kappa shape index (κ2) is 12.8. The van der Waals surface area contributed by atoms with Crippen LogP contribution < -0.4 is 15.4 Å². The number of amides is 4. The van der Waals surface area contributed by atoms with E-state index in [1.165, 1.54) is 0 Å². The highest BCUT2D eigenvalue weighted by Gasteiger charge is 2.46. The summed E-state index contributed by atoms with van der Waals surface area (Å²) >= 11 is 0. The molecule has 4 rings (SSSR count). The number of hydrogen-bond acceptors (Lipinski definition) is 5. The molecule has 0 aliphatic carbocycles. The van der Waals surface area contributed by atoms with Crippen molar-refractivity contribution in [2.45, 2.75) is 45.7 Å². The molecule has 0 saturated carbocycles. The number of rotatable bonds is 12. The molecule has 208 valence electrons. The van der Waals surface area contributed by atoms with Crippen molar-refractivity contribution in [3.63, 3.8) is 0 Å². The van der Waals surface area contributed by atoms with Gasteiger partial charge in [-0.25, -0.2) is 4.79 Å². The van der Waals surface area contributed by atoms with Gasteiger partial charge in [0.15, 0.2) is 0 Å². The van der Waals surface area contributed by atoms with Crippen LogP contribution in [0.4, 0.5) is 4.79 Å². The minimum Gasteiger partial charge on any atom is -0.457 e. The van der Waals surface area contributed by atoms with E-state index in [0.29, 0.717) is 55.3 Å². The summed E-state index contributed by atoms with van der Waals surface area (Å²) in [7, 11) is 1.62. The van der Waals surface area contributed by atoms with Crippen LogP contribution in [0.2, 0.25) is 0 Å². The normalized spacial score (nSPS) is 17.8. The average Bonchev–Trinajstić information content (AvgIpc) is 3.26. The molecule has 9 nitrogen and oxygen atoms in total. The second-order valence-electron chi connectivity index (χ2n) is 10.2. The van der Waals surface area contributed by atoms with Crippen LogP contribution in [0.25, 0.3) is 0 Å². The molecular formula is C30H38N4O5. The number of methoxy groups -OCH3 is 1. The lowest BCUT2D eigenvalue weighted by Gasteiger charge is -2.33. The Balaban J connectivity index is 1.63. The quantitative estimate of drug-likeness (QED) is 0.397. The molecule has 2 aromatic carbocycles. The van der Waals surface area contributed by atoms with Crippen LogP contribution >= 0.6 is 0 Å². The predicted octanol–water partition coefficient (Wildman–Crippen LogP) is 4.23. The second-order valence-corrected chi connectivity index (χ2v) is 10.2. The standard InChI is InChI=1S/C30H38N4O5/c1-5-33-25-19-34(24(17-20(2)3)28(35)31-15-10-16-38-4)29(36)26(25)27(32-30(33)37)21-11-9-14-23(18-21)39-22-12-7-6-8-13-22/h6-9,11-14,18,20,24,27H,5,10,15-17,19H2,1-4H3,(H,31,35)(H,32,37)/t24-,27+/m1/s1. The Bertz CT molecular complexity index is 1210. The van der Waals surface area contributed by atoms with Crippen molar-refractivity contribution in [1.82, 2.24) is 20.4 Å². The van der Waals surface area contributed by atoms with Crippen LogP contribution in [0, 0.1) is 5.92 Å². The van der Waals surface area contributed by atoms with Gasteiger partial charge in [0.25, 0.3) is 5.91 Å². The minimum absolute atomic E-state index is 0.190. The van der Waals surface area contributed by atoms with Gasteiger partial charge in [-0.1, -0.05) is 44.2 Å². The van der Waals surface area contributed by atoms with E-state index in [-0.39, 0.29) is 30.3 Å². The van der Waals surface area contributed by atoms with Gasteiger partial charge in [-0.15, -0.1) is 0 Å². The van der Waals surface area contributed by atoms with Crippen molar-refractivity contribution >= 4 is 17.8 Å². The van der Waals surface area contributed by atoms with E-state index in [9.17, 15) is 14.4 Å². The monoisotopic (exact) mass is 534 g/mol. The van der Waals surface area contributed by atoms with Gasteiger partial charge < -0.3 is 25.0 Å². The molecule has 2 heterocycles. The maximum Gasteiger partial charge on any atom is 0.322 e. The first-order valence-corrected chi connectivity index (χ1v) is 13.6. The van der Waals surface area contributed by atoms with Crippen molar-refractivity contribution in [3.05, 3.63) is 71.4 Å². The SMILES string of the molecule is CCN1C(=O)N[C@@H](c2cccc(Oc3ccccc3)c2)C2=C1CN([C@H](CC(C)C)C(=O)NCCCOC)C2=O. The Labute approximate surface area is 230 Å². The summed E-state index contributed by atoms with van der Waals surface area (Å²) in [6.45, 7) is 7.56. The molecule has 0 radical (unpaired) electrons. The summed E-state index contributed by atoms with van der Waals surface area (Å²) in [4.78, 5) is 43.7. The first-order valence-electron chi connectivity index (χ1n) is 13.6. The average molecular weight is 535 g/mol. The van der Waals surface area contributed by atoms with Gasteiger partial charge in [0.05, 0.1) is 23.9 Å². The first-order chi connectivity index (χ1) is 18.8. The molecule has 2 aromatic rings. The molecule has 0 aromatic heterocycles. The smallest absolute Gasteiger partial charge is 0.322 e. The lowest BCUT2D eigenvalue weighted by atomic mass is 9.95. The molecular weight excluding hydrogens is 496 g/mol. The van der Waals surface area contributed by atoms with Crippen LogP contribution in [-0.2, 0) is 14.3 Å². The van der Waals surface area contributed by atoms with Crippen molar-refractivity contribution in [2.75, 3.05) is 33.4 Å². The number of carbonyl (C=O) groups excluding carboxylic acids is 3. The van der Waals surface area contributed by atoms with E-state index >= 15 is 0 Å². The molecule has 2 atom stereocenters. The number of ether oxygens (including phenoxy) is 2. The summed E-state index contributed by atoms with van der Waals surface area (Å²) in [5, 5.41) is 5.98. The molecule has 2 N–H and O–H groups in total. The Morgan fingerprint density at radius 2 is 1.85 bits per heavy atom. The molecule has 0 spiro atoms. The third-order valence-corrected chi connectivity index (χ3v) is 6.93. The Kier molecular flexibility index (Phi) is 9.24. The van der Waals surface area contributed by atoms with Gasteiger partial charge in [-0.2, -0.15) is 0 Å². The lowest BCUT2D eigenvalue weighted by Crippen LogP contribution is -2.49. The Morgan fingerprint density at radius 1 is 1.10 bits per heavy atom. The molecule has 4 amide bonds. The molecule has 2 aliphatic rings. The summed E-state index contributed by atoms with van der Waals surface area (Å²) in [5.41, 5.74) is 1.88. The largest absolute Gasteiger partial charge is 0.457 e. The molecule has 0 unspecified atom stereocenters. The third-order valence-electron chi connectivity index (χ3n) is 6.93. The number of para-hydroxylation sites is 1. The van der Waals surface area contributed by atoms with Crippen LogP contribution in [0.15, 0.2) is 65.9 Å². The maximum absolute atomic E-state index is 14.0. The highest BCUT2D eigenvalue weighted by molar-refractivity contribution is 6.03. The predicted molar refractivity (Wildman–Crippen MR) is 148 cm³/mol. The first kappa shape index (κ1) is 28.2. The summed E-state index contributed by atoms with van der Waals surface area (Å²) in [6, 6.07) is 15.3. The lowest BCUT2D eigenvalue weighted by molar-refractivity contribution is -0.137. The van der Waals surface area contributed by atoms with Crippen molar-refractivity contribution in [2.24, 2.45) is 5.92 Å². The topological polar surface area (TPSA) is 100 Å². The zero-order valence-electron chi connectivity index (χ0n) is 23.1. The van der Waals surface area contributed by atoms with Gasteiger partial charge in [-0.05, 0) is 55.5 Å². The highest BCUT2D eigenvalue weighted by Crippen LogP contribution is 2.38. The number of carbonyl (C=O) groups is 3. The fourth-order valence-electron chi connectivity index (χ4n) is 5.10. The zero-order chi connectivity index (χ0) is 27.9. The van der Waals surface area contributed by atoms with Crippen LogP contribution in [0.3, 0.4) is 0 Å². The fourth-order valence-corrected chi connectivity index (χ4v) is 5.10. The molecule has 39 heavy (non-hydrogen) atoms. The summed E-state index contributed by atoms with van der Waals surface area (Å²) in [6.07, 6.45) is 1.20. The molecule has 0 bridgehead atoms. The molecule has 0 saturated heterocycles. The number of likely N-dealkylation sites (N-methyl/N-ethyl adjacent to an activating group) is 1. The zero-order valence-corrected chi connectivity index (χ0v) is 23.1. The number of nitrogens with zero attached hydrogens (tertiary/aromatic N) is 2. The Hall–Kier alpha value is -3.85. The van der Waals surface area contributed by atoms with E-state index in [4.69, 9.17) is 9.47 Å². The van der Waals surface area contributed by atoms with Gasteiger partial charge in [0.2, 0.25) is 5.91 Å². The van der Waals surface area contributed by atoms with Crippen molar-refractivity contribution < 1.29 is 23.9 Å². The molecule has 2 aliphatic heterocycles. The van der Waals surface area contributed by atoms with Gasteiger partial charge in [0.1, 0.15) is 17.5 Å². The maximum atomic E-state index is 14.0. The van der Waals surface area contributed by atoms with Crippen molar-refractivity contribution in [1.29, 1.82) is 0 Å². The van der Waals surface area contributed by atoms with Crippen LogP contribution in [0.1, 0.15) is 45.2 Å². The minimum atomic E-state index is -0.656. The van der Waals surface area contributed by atoms with Crippen LogP contribution in [-0.4, -0.2) is 67.0 Å². The number of hydrogen-bond donors (Lipinski definition) is 2. The highest BCUT2D eigenvalue weighted by atomic mass is 16.5. The summed E-state index contributed by atoms with van der Waals surface area (Å²) < 4.78 is 11.1. The van der Waals surface area contributed by atoms with E-state index < -0.39 is 12.1 Å². The van der Waals surface area contributed by atoms with Crippen LogP contribution in [0.5, 0.6) is 11.5 Å². The summed E-state index contributed by atoms with van der Waals surface area (Å²) in [5.74, 6) is 1.06. The van der Waals surface area contributed by atoms with E-state index in [0.717, 1.165) is 5.56 Å². The third kappa shape index (κ3) is 6.42.